The van der Waals surface area contributed by atoms with Crippen LogP contribution >= 0.6 is 0 Å². The fourth-order valence-electron chi connectivity index (χ4n) is 1.93. The number of amides is 1. The SMILES string of the molecule is Cc1ccc(NC[C@](C)(O)C(=O)Nc2ccc(C)cc2)cc1. The number of benzene rings is 2. The maximum atomic E-state index is 12.2. The van der Waals surface area contributed by atoms with Crippen molar-refractivity contribution in [2.45, 2.75) is 26.4 Å². The van der Waals surface area contributed by atoms with Gasteiger partial charge in [-0.05, 0) is 45.0 Å². The molecule has 0 aliphatic rings. The van der Waals surface area contributed by atoms with Gasteiger partial charge in [-0.3, -0.25) is 4.79 Å². The van der Waals surface area contributed by atoms with Gasteiger partial charge in [0, 0.05) is 11.4 Å². The van der Waals surface area contributed by atoms with Crippen LogP contribution in [0.4, 0.5) is 11.4 Å². The molecule has 0 saturated carbocycles. The van der Waals surface area contributed by atoms with Crippen LogP contribution in [0.2, 0.25) is 0 Å². The highest BCUT2D eigenvalue weighted by atomic mass is 16.3. The van der Waals surface area contributed by atoms with Crippen LogP contribution in [0.25, 0.3) is 0 Å². The molecule has 0 heterocycles. The van der Waals surface area contributed by atoms with Crippen LogP contribution in [-0.4, -0.2) is 23.2 Å². The minimum Gasteiger partial charge on any atom is -0.382 e. The smallest absolute Gasteiger partial charge is 0.257 e. The van der Waals surface area contributed by atoms with E-state index in [2.05, 4.69) is 10.6 Å². The molecule has 4 heteroatoms. The molecule has 0 aliphatic heterocycles. The lowest BCUT2D eigenvalue weighted by Crippen LogP contribution is -2.45. The van der Waals surface area contributed by atoms with E-state index in [-0.39, 0.29) is 6.54 Å². The average molecular weight is 298 g/mol. The molecule has 1 amide bonds. The summed E-state index contributed by atoms with van der Waals surface area (Å²) >= 11 is 0. The molecule has 2 rings (SSSR count). The molecule has 0 bridgehead atoms. The lowest BCUT2D eigenvalue weighted by molar-refractivity contribution is -0.131. The highest BCUT2D eigenvalue weighted by Crippen LogP contribution is 2.14. The minimum atomic E-state index is -1.50. The Morgan fingerprint density at radius 2 is 1.41 bits per heavy atom. The Kier molecular flexibility index (Phi) is 4.83. The van der Waals surface area contributed by atoms with Crippen LogP contribution in [0.1, 0.15) is 18.1 Å². The number of anilines is 2. The number of hydrogen-bond acceptors (Lipinski definition) is 3. The van der Waals surface area contributed by atoms with Gasteiger partial charge < -0.3 is 15.7 Å². The maximum absolute atomic E-state index is 12.2. The molecule has 4 nitrogen and oxygen atoms in total. The lowest BCUT2D eigenvalue weighted by Gasteiger charge is -2.23. The molecular weight excluding hydrogens is 276 g/mol. The van der Waals surface area contributed by atoms with Crippen LogP contribution in [-0.2, 0) is 4.79 Å². The Labute approximate surface area is 131 Å². The first-order chi connectivity index (χ1) is 10.4. The number of hydrogen-bond donors (Lipinski definition) is 3. The van der Waals surface area contributed by atoms with Crippen molar-refractivity contribution in [2.75, 3.05) is 17.2 Å². The molecule has 22 heavy (non-hydrogen) atoms. The van der Waals surface area contributed by atoms with Crippen molar-refractivity contribution >= 4 is 17.3 Å². The Bertz CT molecular complexity index is 631. The zero-order valence-corrected chi connectivity index (χ0v) is 13.2. The Hall–Kier alpha value is -2.33. The summed E-state index contributed by atoms with van der Waals surface area (Å²) in [5, 5.41) is 16.1. The molecular formula is C18H22N2O2. The van der Waals surface area contributed by atoms with E-state index >= 15 is 0 Å². The fourth-order valence-corrected chi connectivity index (χ4v) is 1.93. The van der Waals surface area contributed by atoms with E-state index in [1.54, 1.807) is 0 Å². The number of carbonyl (C=O) groups is 1. The molecule has 0 spiro atoms. The molecule has 1 atom stereocenters. The Morgan fingerprint density at radius 3 is 1.91 bits per heavy atom. The molecule has 0 unspecified atom stereocenters. The first-order valence-electron chi connectivity index (χ1n) is 7.28. The number of aliphatic hydroxyl groups is 1. The summed E-state index contributed by atoms with van der Waals surface area (Å²) in [5.41, 5.74) is 2.32. The standard InChI is InChI=1S/C18H22N2O2/c1-13-4-8-15(9-5-13)19-12-18(3,22)17(21)20-16-10-6-14(2)7-11-16/h4-11,19,22H,12H2,1-3H3,(H,20,21)/t18-/m0/s1. The second-order valence-electron chi connectivity index (χ2n) is 5.81. The predicted molar refractivity (Wildman–Crippen MR) is 90.1 cm³/mol. The zero-order valence-electron chi connectivity index (χ0n) is 13.2. The molecule has 3 N–H and O–H groups in total. The van der Waals surface area contributed by atoms with Gasteiger partial charge in [0.05, 0.1) is 6.54 Å². The molecule has 0 fully saturated rings. The second kappa shape index (κ2) is 6.62. The van der Waals surface area contributed by atoms with Crippen molar-refractivity contribution in [3.05, 3.63) is 59.7 Å². The molecule has 116 valence electrons. The maximum Gasteiger partial charge on any atom is 0.257 e. The summed E-state index contributed by atoms with van der Waals surface area (Å²) < 4.78 is 0. The van der Waals surface area contributed by atoms with Crippen LogP contribution in [0.5, 0.6) is 0 Å². The molecule has 0 aliphatic carbocycles. The molecule has 0 radical (unpaired) electrons. The number of nitrogens with one attached hydrogen (secondary N) is 2. The van der Waals surface area contributed by atoms with Crippen molar-refractivity contribution in [1.29, 1.82) is 0 Å². The molecule has 0 aromatic heterocycles. The molecule has 0 saturated heterocycles. The molecule has 2 aromatic carbocycles. The first-order valence-corrected chi connectivity index (χ1v) is 7.28. The Balaban J connectivity index is 1.95. The van der Waals surface area contributed by atoms with Crippen LogP contribution in [0, 0.1) is 13.8 Å². The fraction of sp³-hybridized carbons (Fsp3) is 0.278. The van der Waals surface area contributed by atoms with Gasteiger partial charge in [-0.25, -0.2) is 0 Å². The molecule has 2 aromatic rings. The normalized spacial score (nSPS) is 13.3. The van der Waals surface area contributed by atoms with Crippen molar-refractivity contribution in [3.63, 3.8) is 0 Å². The van der Waals surface area contributed by atoms with Gasteiger partial charge in [0.2, 0.25) is 0 Å². The van der Waals surface area contributed by atoms with Gasteiger partial charge in [0.15, 0.2) is 5.60 Å². The largest absolute Gasteiger partial charge is 0.382 e. The van der Waals surface area contributed by atoms with Gasteiger partial charge >= 0.3 is 0 Å². The monoisotopic (exact) mass is 298 g/mol. The third-order valence-electron chi connectivity index (χ3n) is 3.49. The van der Waals surface area contributed by atoms with Crippen LogP contribution in [0.3, 0.4) is 0 Å². The first kappa shape index (κ1) is 16.0. The minimum absolute atomic E-state index is 0.133. The summed E-state index contributed by atoms with van der Waals surface area (Å²) in [7, 11) is 0. The van der Waals surface area contributed by atoms with E-state index < -0.39 is 11.5 Å². The van der Waals surface area contributed by atoms with E-state index in [4.69, 9.17) is 0 Å². The third-order valence-corrected chi connectivity index (χ3v) is 3.49. The second-order valence-corrected chi connectivity index (χ2v) is 5.81. The summed E-state index contributed by atoms with van der Waals surface area (Å²) in [6.45, 7) is 5.62. The highest BCUT2D eigenvalue weighted by Gasteiger charge is 2.30. The summed E-state index contributed by atoms with van der Waals surface area (Å²) in [6, 6.07) is 15.2. The van der Waals surface area contributed by atoms with E-state index in [0.717, 1.165) is 16.8 Å². The highest BCUT2D eigenvalue weighted by molar-refractivity contribution is 5.97. The summed E-state index contributed by atoms with van der Waals surface area (Å²) in [6.07, 6.45) is 0. The lowest BCUT2D eigenvalue weighted by atomic mass is 10.1. The van der Waals surface area contributed by atoms with Crippen LogP contribution < -0.4 is 10.6 Å². The van der Waals surface area contributed by atoms with Gasteiger partial charge in [-0.2, -0.15) is 0 Å². The van der Waals surface area contributed by atoms with E-state index in [0.29, 0.717) is 5.69 Å². The number of carbonyl (C=O) groups excluding carboxylic acids is 1. The van der Waals surface area contributed by atoms with Gasteiger partial charge in [0.1, 0.15) is 0 Å². The zero-order chi connectivity index (χ0) is 16.2. The third kappa shape index (κ3) is 4.33. The van der Waals surface area contributed by atoms with E-state index in [1.807, 2.05) is 62.4 Å². The summed E-state index contributed by atoms with van der Waals surface area (Å²) in [5.74, 6) is -0.434. The van der Waals surface area contributed by atoms with Crippen molar-refractivity contribution in [2.24, 2.45) is 0 Å². The number of aryl methyl sites for hydroxylation is 2. The van der Waals surface area contributed by atoms with Crippen molar-refractivity contribution in [1.82, 2.24) is 0 Å². The van der Waals surface area contributed by atoms with Gasteiger partial charge in [-0.15, -0.1) is 0 Å². The predicted octanol–water partition coefficient (Wildman–Crippen LogP) is 3.11. The van der Waals surface area contributed by atoms with Gasteiger partial charge in [0.25, 0.3) is 5.91 Å². The van der Waals surface area contributed by atoms with E-state index in [1.165, 1.54) is 6.92 Å². The van der Waals surface area contributed by atoms with Crippen LogP contribution in [0.15, 0.2) is 48.5 Å². The van der Waals surface area contributed by atoms with Crippen molar-refractivity contribution < 1.29 is 9.90 Å². The average Bonchev–Trinajstić information content (AvgIpc) is 2.49. The summed E-state index contributed by atoms with van der Waals surface area (Å²) in [4.78, 5) is 12.2. The topological polar surface area (TPSA) is 61.4 Å². The van der Waals surface area contributed by atoms with Gasteiger partial charge in [-0.1, -0.05) is 35.4 Å². The Morgan fingerprint density at radius 1 is 0.955 bits per heavy atom. The quantitative estimate of drug-likeness (QED) is 0.795. The number of rotatable bonds is 5. The van der Waals surface area contributed by atoms with Crippen molar-refractivity contribution in [3.8, 4) is 0 Å². The van der Waals surface area contributed by atoms with E-state index in [9.17, 15) is 9.90 Å².